The fraction of sp³-hybridized carbons (Fsp3) is 0.556. The van der Waals surface area contributed by atoms with Crippen molar-refractivity contribution in [1.82, 2.24) is 9.55 Å². The number of H-pyrrole nitrogens is 1. The lowest BCUT2D eigenvalue weighted by Gasteiger charge is -2.24. The average molecular weight is 262 g/mol. The minimum Gasteiger partial charge on any atom is -0.394 e. The zero-order valence-corrected chi connectivity index (χ0v) is 9.04. The fourth-order valence-electron chi connectivity index (χ4n) is 1.79. The highest BCUT2D eigenvalue weighted by molar-refractivity contribution is 4.93. The van der Waals surface area contributed by atoms with Crippen molar-refractivity contribution in [2.75, 3.05) is 6.61 Å². The van der Waals surface area contributed by atoms with Gasteiger partial charge in [0.2, 0.25) is 5.82 Å². The molecule has 1 aromatic rings. The normalized spacial score (nSPS) is 31.8. The Balaban J connectivity index is 2.47. The molecule has 2 rings (SSSR count). The van der Waals surface area contributed by atoms with E-state index in [1.54, 1.807) is 4.98 Å². The molecule has 2 heterocycles. The van der Waals surface area contributed by atoms with Gasteiger partial charge in [0.15, 0.2) is 0 Å². The Labute approximate surface area is 98.9 Å². The second-order valence-corrected chi connectivity index (χ2v) is 3.96. The van der Waals surface area contributed by atoms with Crippen molar-refractivity contribution < 1.29 is 24.4 Å². The monoisotopic (exact) mass is 262 g/mol. The van der Waals surface area contributed by atoms with E-state index < -0.39 is 48.2 Å². The molecule has 9 heteroatoms. The van der Waals surface area contributed by atoms with Crippen LogP contribution >= 0.6 is 0 Å². The first-order chi connectivity index (χ1) is 8.37. The second kappa shape index (κ2) is 4.28. The molecule has 18 heavy (non-hydrogen) atoms. The molecule has 0 aliphatic carbocycles. The number of nitrogens with one attached hydrogen (secondary N) is 1. The largest absolute Gasteiger partial charge is 0.394 e. The number of nitrogens with zero attached hydrogens (tertiary/aromatic N) is 1. The molecule has 8 nitrogen and oxygen atoms in total. The predicted octanol–water partition coefficient (Wildman–Crippen LogP) is -2.58. The molecular weight excluding hydrogens is 251 g/mol. The van der Waals surface area contributed by atoms with Gasteiger partial charge in [-0.3, -0.25) is 9.78 Å². The quantitative estimate of drug-likeness (QED) is 0.464. The van der Waals surface area contributed by atoms with Crippen LogP contribution < -0.4 is 11.2 Å². The third-order valence-electron chi connectivity index (χ3n) is 2.70. The van der Waals surface area contributed by atoms with Gasteiger partial charge in [0.05, 0.1) is 25.3 Å². The molecular formula is C9H11FN2O6. The number of aliphatic hydroxyl groups excluding tert-OH is 2. The Hall–Kier alpha value is -1.55. The van der Waals surface area contributed by atoms with Crippen molar-refractivity contribution in [3.63, 3.8) is 0 Å². The van der Waals surface area contributed by atoms with E-state index in [1.165, 1.54) is 0 Å². The zero-order chi connectivity index (χ0) is 13.5. The lowest BCUT2D eigenvalue weighted by atomic mass is 10.2. The van der Waals surface area contributed by atoms with Gasteiger partial charge in [-0.05, 0) is 0 Å². The van der Waals surface area contributed by atoms with Gasteiger partial charge in [-0.2, -0.15) is 4.39 Å². The molecule has 1 aliphatic rings. The van der Waals surface area contributed by atoms with Crippen molar-refractivity contribution in [3.05, 3.63) is 32.9 Å². The van der Waals surface area contributed by atoms with E-state index >= 15 is 0 Å². The summed E-state index contributed by atoms with van der Waals surface area (Å²) in [6.07, 6.45) is -2.28. The summed E-state index contributed by atoms with van der Waals surface area (Å²) in [5, 5.41) is 28.4. The van der Waals surface area contributed by atoms with E-state index in [1.807, 2.05) is 0 Å². The van der Waals surface area contributed by atoms with E-state index in [0.717, 1.165) is 0 Å². The first-order valence-electron chi connectivity index (χ1n) is 5.08. The fourth-order valence-corrected chi connectivity index (χ4v) is 1.79. The van der Waals surface area contributed by atoms with Gasteiger partial charge in [-0.15, -0.1) is 0 Å². The summed E-state index contributed by atoms with van der Waals surface area (Å²) in [5.41, 5.74) is -2.31. The minimum absolute atomic E-state index is 0.419. The van der Waals surface area contributed by atoms with Gasteiger partial charge in [0.1, 0.15) is 6.10 Å². The van der Waals surface area contributed by atoms with Crippen LogP contribution in [0.4, 0.5) is 4.39 Å². The number of aromatic amines is 1. The van der Waals surface area contributed by atoms with Crippen LogP contribution in [-0.2, 0) is 10.6 Å². The molecule has 0 amide bonds. The SMILES string of the molecule is O=c1[nH]c(=O)n(C2(O)C[C@H](O)[C@@H](CO)O2)cc1F. The molecule has 1 unspecified atom stereocenters. The molecule has 0 aromatic carbocycles. The van der Waals surface area contributed by atoms with Gasteiger partial charge in [-0.25, -0.2) is 9.36 Å². The first kappa shape index (κ1) is 12.9. The Morgan fingerprint density at radius 2 is 2.28 bits per heavy atom. The Morgan fingerprint density at radius 3 is 2.83 bits per heavy atom. The molecule has 1 saturated heterocycles. The van der Waals surface area contributed by atoms with Crippen molar-refractivity contribution >= 4 is 0 Å². The molecule has 0 radical (unpaired) electrons. The molecule has 1 aromatic heterocycles. The van der Waals surface area contributed by atoms with Gasteiger partial charge in [0, 0.05) is 0 Å². The van der Waals surface area contributed by atoms with E-state index in [2.05, 4.69) is 0 Å². The smallest absolute Gasteiger partial charge is 0.332 e. The highest BCUT2D eigenvalue weighted by atomic mass is 19.1. The molecule has 0 saturated carbocycles. The third kappa shape index (κ3) is 1.97. The van der Waals surface area contributed by atoms with Crippen LogP contribution in [0.15, 0.2) is 15.8 Å². The van der Waals surface area contributed by atoms with E-state index in [-0.39, 0.29) is 0 Å². The molecule has 100 valence electrons. The highest BCUT2D eigenvalue weighted by Gasteiger charge is 2.47. The van der Waals surface area contributed by atoms with Gasteiger partial charge in [0.25, 0.3) is 11.5 Å². The van der Waals surface area contributed by atoms with Crippen molar-refractivity contribution in [1.29, 1.82) is 0 Å². The van der Waals surface area contributed by atoms with E-state index in [0.29, 0.717) is 10.8 Å². The zero-order valence-electron chi connectivity index (χ0n) is 9.04. The second-order valence-electron chi connectivity index (χ2n) is 3.96. The van der Waals surface area contributed by atoms with Crippen molar-refractivity contribution in [3.8, 4) is 0 Å². The van der Waals surface area contributed by atoms with Crippen LogP contribution in [0.1, 0.15) is 6.42 Å². The average Bonchev–Trinajstić information content (AvgIpc) is 2.59. The number of hydrogen-bond donors (Lipinski definition) is 4. The van der Waals surface area contributed by atoms with Crippen molar-refractivity contribution in [2.24, 2.45) is 0 Å². The van der Waals surface area contributed by atoms with Gasteiger partial charge in [-0.1, -0.05) is 0 Å². The van der Waals surface area contributed by atoms with Gasteiger partial charge >= 0.3 is 5.69 Å². The van der Waals surface area contributed by atoms with Gasteiger partial charge < -0.3 is 20.1 Å². The molecule has 0 spiro atoms. The first-order valence-corrected chi connectivity index (χ1v) is 5.08. The minimum atomic E-state index is -2.31. The van der Waals surface area contributed by atoms with E-state index in [4.69, 9.17) is 9.84 Å². The maximum absolute atomic E-state index is 13.1. The van der Waals surface area contributed by atoms with E-state index in [9.17, 15) is 24.2 Å². The summed E-state index contributed by atoms with van der Waals surface area (Å²) in [4.78, 5) is 23.9. The maximum Gasteiger partial charge on any atom is 0.332 e. The Bertz CT molecular complexity index is 569. The number of halogens is 1. The molecule has 1 aliphatic heterocycles. The summed E-state index contributed by atoms with van der Waals surface area (Å²) in [7, 11) is 0. The number of ether oxygens (including phenoxy) is 1. The third-order valence-corrected chi connectivity index (χ3v) is 2.70. The summed E-state index contributed by atoms with van der Waals surface area (Å²) in [5.74, 6) is -3.59. The molecule has 4 N–H and O–H groups in total. The molecule has 1 fully saturated rings. The summed E-state index contributed by atoms with van der Waals surface area (Å²) in [6, 6.07) is 0. The predicted molar refractivity (Wildman–Crippen MR) is 54.1 cm³/mol. The van der Waals surface area contributed by atoms with Crippen LogP contribution in [0.3, 0.4) is 0 Å². The highest BCUT2D eigenvalue weighted by Crippen LogP contribution is 2.31. The molecule has 0 bridgehead atoms. The van der Waals surface area contributed by atoms with Crippen molar-refractivity contribution in [2.45, 2.75) is 24.5 Å². The number of rotatable bonds is 2. The van der Waals surface area contributed by atoms with Crippen LogP contribution in [0.5, 0.6) is 0 Å². The Kier molecular flexibility index (Phi) is 3.07. The topological polar surface area (TPSA) is 125 Å². The van der Waals surface area contributed by atoms with Crippen LogP contribution in [0, 0.1) is 5.82 Å². The summed E-state index contributed by atoms with van der Waals surface area (Å²) < 4.78 is 18.4. The Morgan fingerprint density at radius 1 is 1.61 bits per heavy atom. The number of hydrogen-bond acceptors (Lipinski definition) is 6. The number of aromatic nitrogens is 2. The number of aliphatic hydroxyl groups is 3. The van der Waals surface area contributed by atoms with Crippen LogP contribution in [0.2, 0.25) is 0 Å². The maximum atomic E-state index is 13.1. The lowest BCUT2D eigenvalue weighted by Crippen LogP contribution is -2.45. The van der Waals surface area contributed by atoms with Crippen LogP contribution in [0.25, 0.3) is 0 Å². The summed E-state index contributed by atoms with van der Waals surface area (Å²) >= 11 is 0. The lowest BCUT2D eigenvalue weighted by molar-refractivity contribution is -0.258. The standard InChI is InChI=1S/C9H11FN2O6/c10-4-2-12(8(16)11-7(4)15)9(17)1-5(14)6(3-13)18-9/h2,5-6,13-14,17H,1,3H2,(H,11,15,16)/t5-,6+,9?/m0/s1. The summed E-state index contributed by atoms with van der Waals surface area (Å²) in [6.45, 7) is -0.579. The van der Waals surface area contributed by atoms with Crippen LogP contribution in [-0.4, -0.2) is 43.7 Å². The molecule has 3 atom stereocenters.